The van der Waals surface area contributed by atoms with Crippen molar-refractivity contribution in [1.29, 1.82) is 0 Å². The lowest BCUT2D eigenvalue weighted by Gasteiger charge is -2.07. The summed E-state index contributed by atoms with van der Waals surface area (Å²) in [6.07, 6.45) is 0. The molecule has 0 saturated carbocycles. The molecular weight excluding hydrogens is 317 g/mol. The highest BCUT2D eigenvalue weighted by Gasteiger charge is 2.16. The van der Waals surface area contributed by atoms with Gasteiger partial charge in [-0.2, -0.15) is 0 Å². The zero-order valence-electron chi connectivity index (χ0n) is 12.5. The van der Waals surface area contributed by atoms with Crippen LogP contribution in [0.25, 0.3) is 11.1 Å². The number of hydrogen-bond acceptors (Lipinski definition) is 5. The number of nitrogens with one attached hydrogen (secondary N) is 1. The second-order valence-electron chi connectivity index (χ2n) is 4.77. The number of rotatable bonds is 5. The molecule has 0 saturated heterocycles. The van der Waals surface area contributed by atoms with Gasteiger partial charge in [0, 0.05) is 0 Å². The topological polar surface area (TPSA) is 97.3 Å². The van der Waals surface area contributed by atoms with E-state index < -0.39 is 11.8 Å². The molecule has 0 aliphatic carbocycles. The van der Waals surface area contributed by atoms with Crippen LogP contribution in [0.4, 0.5) is 4.39 Å². The van der Waals surface area contributed by atoms with Crippen molar-refractivity contribution in [2.75, 3.05) is 7.11 Å². The Bertz CT molecular complexity index is 877. The smallest absolute Gasteiger partial charge is 0.362 e. The Morgan fingerprint density at radius 3 is 2.54 bits per heavy atom. The summed E-state index contributed by atoms with van der Waals surface area (Å²) in [5, 5.41) is 18.2. The van der Waals surface area contributed by atoms with E-state index in [0.29, 0.717) is 5.75 Å². The summed E-state index contributed by atoms with van der Waals surface area (Å²) in [5.74, 6) is -1.18. The highest BCUT2D eigenvalue weighted by atomic mass is 19.1. The van der Waals surface area contributed by atoms with Gasteiger partial charge in [0.05, 0.1) is 7.11 Å². The first-order chi connectivity index (χ1) is 11.6. The number of methoxy groups -OCH3 is 1. The maximum absolute atomic E-state index is 13.5. The maximum atomic E-state index is 13.5. The molecule has 8 heteroatoms. The Hall–Kier alpha value is -3.42. The number of H-pyrrole nitrogens is 1. The first-order valence-corrected chi connectivity index (χ1v) is 6.84. The van der Waals surface area contributed by atoms with E-state index in [0.717, 1.165) is 11.1 Å². The second kappa shape index (κ2) is 6.37. The summed E-state index contributed by atoms with van der Waals surface area (Å²) in [5.41, 5.74) is 1.29. The molecule has 2 aromatic carbocycles. The number of hydrogen-bond donors (Lipinski definition) is 2. The molecule has 3 rings (SSSR count). The number of aromatic nitrogens is 3. The minimum Gasteiger partial charge on any atom is -0.494 e. The fraction of sp³-hybridized carbons (Fsp3) is 0.0625. The van der Waals surface area contributed by atoms with Gasteiger partial charge in [-0.1, -0.05) is 23.4 Å². The van der Waals surface area contributed by atoms with Gasteiger partial charge in [-0.05, 0) is 35.4 Å². The number of ether oxygens (including phenoxy) is 2. The van der Waals surface area contributed by atoms with E-state index in [4.69, 9.17) is 14.6 Å². The van der Waals surface area contributed by atoms with Crippen LogP contribution in [0.2, 0.25) is 0 Å². The van der Waals surface area contributed by atoms with Crippen LogP contribution >= 0.6 is 0 Å². The molecule has 0 fully saturated rings. The van der Waals surface area contributed by atoms with E-state index in [1.807, 2.05) is 0 Å². The lowest BCUT2D eigenvalue weighted by Crippen LogP contribution is -1.99. The summed E-state index contributed by atoms with van der Waals surface area (Å²) in [6.45, 7) is 0. The standard InChI is InChI=1S/C16H12FN3O4/c1-23-13-8-10(4-7-12(13)17)9-2-5-11(6-3-9)24-15-14(16(21)22)18-20-19-15/h2-8H,1H3,(H,21,22)(H,18,19,20). The van der Waals surface area contributed by atoms with Gasteiger partial charge in [0.2, 0.25) is 5.69 Å². The third kappa shape index (κ3) is 3.02. The van der Waals surface area contributed by atoms with Gasteiger partial charge < -0.3 is 14.6 Å². The van der Waals surface area contributed by atoms with Crippen molar-refractivity contribution in [2.24, 2.45) is 0 Å². The van der Waals surface area contributed by atoms with E-state index in [9.17, 15) is 9.18 Å². The summed E-state index contributed by atoms with van der Waals surface area (Å²) in [6, 6.07) is 11.4. The number of nitrogens with zero attached hydrogens (tertiary/aromatic N) is 2. The van der Waals surface area contributed by atoms with Gasteiger partial charge in [-0.25, -0.2) is 14.3 Å². The fourth-order valence-electron chi connectivity index (χ4n) is 2.10. The summed E-state index contributed by atoms with van der Waals surface area (Å²) < 4.78 is 23.8. The molecule has 122 valence electrons. The van der Waals surface area contributed by atoms with Gasteiger partial charge in [0.1, 0.15) is 5.75 Å². The number of halogens is 1. The molecule has 0 aliphatic rings. The van der Waals surface area contributed by atoms with Gasteiger partial charge in [-0.15, -0.1) is 5.10 Å². The van der Waals surface area contributed by atoms with E-state index in [-0.39, 0.29) is 17.3 Å². The van der Waals surface area contributed by atoms with Gasteiger partial charge in [0.15, 0.2) is 11.6 Å². The SMILES string of the molecule is COc1cc(-c2ccc(Oc3[nH]nnc3C(=O)O)cc2)ccc1F. The molecule has 0 aliphatic heterocycles. The lowest BCUT2D eigenvalue weighted by atomic mass is 10.1. The molecule has 1 heterocycles. The van der Waals surface area contributed by atoms with Crippen molar-refractivity contribution in [3.05, 3.63) is 54.0 Å². The van der Waals surface area contributed by atoms with Crippen molar-refractivity contribution >= 4 is 5.97 Å². The molecule has 0 atom stereocenters. The third-order valence-corrected chi connectivity index (χ3v) is 3.28. The molecular formula is C16H12FN3O4. The van der Waals surface area contributed by atoms with E-state index in [2.05, 4.69) is 15.4 Å². The van der Waals surface area contributed by atoms with Crippen molar-refractivity contribution in [3.63, 3.8) is 0 Å². The van der Waals surface area contributed by atoms with Crippen LogP contribution in [0.1, 0.15) is 10.5 Å². The number of benzene rings is 2. The quantitative estimate of drug-likeness (QED) is 0.746. The molecule has 0 spiro atoms. The molecule has 0 radical (unpaired) electrons. The minimum atomic E-state index is -1.24. The summed E-state index contributed by atoms with van der Waals surface area (Å²) in [4.78, 5) is 11.0. The van der Waals surface area contributed by atoms with Crippen LogP contribution in [-0.2, 0) is 0 Å². The van der Waals surface area contributed by atoms with Crippen molar-refractivity contribution in [3.8, 4) is 28.5 Å². The number of aromatic amines is 1. The Morgan fingerprint density at radius 1 is 1.17 bits per heavy atom. The first-order valence-electron chi connectivity index (χ1n) is 6.84. The van der Waals surface area contributed by atoms with Crippen LogP contribution in [0, 0.1) is 5.82 Å². The number of carboxylic acids is 1. The summed E-state index contributed by atoms with van der Waals surface area (Å²) >= 11 is 0. The maximum Gasteiger partial charge on any atom is 0.362 e. The van der Waals surface area contributed by atoms with Gasteiger partial charge in [-0.3, -0.25) is 0 Å². The van der Waals surface area contributed by atoms with Crippen LogP contribution in [0.3, 0.4) is 0 Å². The Kier molecular flexibility index (Phi) is 4.11. The monoisotopic (exact) mass is 329 g/mol. The zero-order chi connectivity index (χ0) is 17.1. The summed E-state index contributed by atoms with van der Waals surface area (Å²) in [7, 11) is 1.40. The predicted octanol–water partition coefficient (Wildman–Crippen LogP) is 3.11. The van der Waals surface area contributed by atoms with Crippen LogP contribution in [0.5, 0.6) is 17.4 Å². The Balaban J connectivity index is 1.83. The largest absolute Gasteiger partial charge is 0.494 e. The van der Waals surface area contributed by atoms with Gasteiger partial charge >= 0.3 is 5.97 Å². The van der Waals surface area contributed by atoms with Crippen LogP contribution in [-0.4, -0.2) is 33.6 Å². The average molecular weight is 329 g/mol. The number of carboxylic acid groups (broad SMARTS) is 1. The third-order valence-electron chi connectivity index (χ3n) is 3.28. The normalized spacial score (nSPS) is 10.4. The van der Waals surface area contributed by atoms with E-state index in [1.165, 1.54) is 13.2 Å². The highest BCUT2D eigenvalue weighted by Crippen LogP contribution is 2.29. The molecule has 1 aromatic heterocycles. The molecule has 24 heavy (non-hydrogen) atoms. The van der Waals surface area contributed by atoms with E-state index in [1.54, 1.807) is 36.4 Å². The van der Waals surface area contributed by atoms with Crippen molar-refractivity contribution in [2.45, 2.75) is 0 Å². The minimum absolute atomic E-state index is 0.0568. The Morgan fingerprint density at radius 2 is 1.88 bits per heavy atom. The van der Waals surface area contributed by atoms with Crippen molar-refractivity contribution in [1.82, 2.24) is 15.4 Å². The molecule has 0 amide bonds. The first kappa shape index (κ1) is 15.5. The molecule has 0 bridgehead atoms. The molecule has 3 aromatic rings. The predicted molar refractivity (Wildman–Crippen MR) is 81.8 cm³/mol. The lowest BCUT2D eigenvalue weighted by molar-refractivity contribution is 0.0687. The van der Waals surface area contributed by atoms with Crippen LogP contribution < -0.4 is 9.47 Å². The van der Waals surface area contributed by atoms with Crippen molar-refractivity contribution < 1.29 is 23.8 Å². The Labute approximate surface area is 135 Å². The number of carbonyl (C=O) groups is 1. The molecule has 0 unspecified atom stereocenters. The highest BCUT2D eigenvalue weighted by molar-refractivity contribution is 5.87. The average Bonchev–Trinajstić information content (AvgIpc) is 3.04. The van der Waals surface area contributed by atoms with Crippen LogP contribution in [0.15, 0.2) is 42.5 Å². The zero-order valence-corrected chi connectivity index (χ0v) is 12.5. The second-order valence-corrected chi connectivity index (χ2v) is 4.77. The molecule has 7 nitrogen and oxygen atoms in total. The fourth-order valence-corrected chi connectivity index (χ4v) is 2.10. The van der Waals surface area contributed by atoms with Gasteiger partial charge in [0.25, 0.3) is 5.88 Å². The van der Waals surface area contributed by atoms with E-state index >= 15 is 0 Å². The number of aromatic carboxylic acids is 1. The molecule has 2 N–H and O–H groups in total.